The van der Waals surface area contributed by atoms with Crippen LogP contribution in [0.5, 0.6) is 11.6 Å². The zero-order chi connectivity index (χ0) is 25.2. The maximum absolute atomic E-state index is 13.6. The van der Waals surface area contributed by atoms with Crippen LogP contribution in [0.15, 0.2) is 48.5 Å². The third-order valence-electron chi connectivity index (χ3n) is 5.09. The van der Waals surface area contributed by atoms with Crippen LogP contribution in [-0.2, 0) is 12.8 Å². The number of carbonyl (C=O) groups is 1. The second kappa shape index (κ2) is 9.82. The van der Waals surface area contributed by atoms with Gasteiger partial charge in [-0.05, 0) is 31.5 Å². The van der Waals surface area contributed by atoms with Crippen LogP contribution in [0.25, 0.3) is 0 Å². The zero-order valence-electron chi connectivity index (χ0n) is 18.5. The van der Waals surface area contributed by atoms with Gasteiger partial charge in [0.05, 0.1) is 6.04 Å². The van der Waals surface area contributed by atoms with Gasteiger partial charge in [-0.2, -0.15) is 5.10 Å². The summed E-state index contributed by atoms with van der Waals surface area (Å²) in [5, 5.41) is 25.6. The van der Waals surface area contributed by atoms with E-state index in [1.807, 2.05) is 0 Å². The Morgan fingerprint density at radius 1 is 1.06 bits per heavy atom. The van der Waals surface area contributed by atoms with E-state index in [9.17, 15) is 32.6 Å². The molecule has 7 nitrogen and oxygen atoms in total. The Labute approximate surface area is 192 Å². The van der Waals surface area contributed by atoms with Crippen LogP contribution in [-0.4, -0.2) is 25.9 Å². The Bertz CT molecular complexity index is 1160. The van der Waals surface area contributed by atoms with Gasteiger partial charge in [-0.15, -0.1) is 0 Å². The van der Waals surface area contributed by atoms with Crippen molar-refractivity contribution < 1.29 is 37.3 Å². The van der Waals surface area contributed by atoms with E-state index in [0.29, 0.717) is 5.56 Å². The highest BCUT2D eigenvalue weighted by atomic mass is 19.3. The fraction of sp³-hybridized carbons (Fsp3) is 0.304. The molecular formula is C23H23F4N3O4. The Hall–Kier alpha value is -3.44. The summed E-state index contributed by atoms with van der Waals surface area (Å²) in [6.45, 7) is 2.80. The number of aliphatic hydroxyl groups is 2. The lowest BCUT2D eigenvalue weighted by Crippen LogP contribution is -2.28. The average Bonchev–Trinajstić information content (AvgIpc) is 3.09. The minimum atomic E-state index is -3.10. The fourth-order valence-electron chi connectivity index (χ4n) is 3.28. The molecule has 1 aromatic heterocycles. The van der Waals surface area contributed by atoms with Gasteiger partial charge in [0.1, 0.15) is 17.0 Å². The molecule has 1 atom stereocenters. The number of rotatable bonds is 8. The van der Waals surface area contributed by atoms with Crippen LogP contribution >= 0.6 is 0 Å². The summed E-state index contributed by atoms with van der Waals surface area (Å²) < 4.78 is 59.8. The third-order valence-corrected chi connectivity index (χ3v) is 5.09. The smallest absolute Gasteiger partial charge is 0.283 e. The van der Waals surface area contributed by atoms with Gasteiger partial charge in [-0.3, -0.25) is 4.79 Å². The first-order chi connectivity index (χ1) is 15.9. The third kappa shape index (κ3) is 5.54. The second-order valence-electron chi connectivity index (χ2n) is 7.80. The van der Waals surface area contributed by atoms with Crippen molar-refractivity contribution in [2.45, 2.75) is 38.5 Å². The summed E-state index contributed by atoms with van der Waals surface area (Å²) in [6.07, 6.45) is -5.87. The lowest BCUT2D eigenvalue weighted by molar-refractivity contribution is -0.152. The van der Waals surface area contributed by atoms with Gasteiger partial charge in [-0.1, -0.05) is 36.4 Å². The largest absolute Gasteiger partial charge is 0.438 e. The van der Waals surface area contributed by atoms with E-state index in [4.69, 9.17) is 4.74 Å². The first-order valence-corrected chi connectivity index (χ1v) is 10.2. The van der Waals surface area contributed by atoms with Crippen molar-refractivity contribution in [3.63, 3.8) is 0 Å². The number of carbonyl (C=O) groups excluding carboxylic acids is 1. The van der Waals surface area contributed by atoms with E-state index in [1.54, 1.807) is 19.1 Å². The fourth-order valence-corrected chi connectivity index (χ4v) is 3.28. The molecule has 0 aliphatic rings. The molecule has 0 bridgehead atoms. The molecule has 0 aliphatic heterocycles. The molecule has 0 spiro atoms. The monoisotopic (exact) mass is 481 g/mol. The number of aryl methyl sites for hydroxylation is 1. The predicted molar refractivity (Wildman–Crippen MR) is 114 cm³/mol. The molecule has 3 aromatic rings. The highest BCUT2D eigenvalue weighted by Crippen LogP contribution is 2.34. The van der Waals surface area contributed by atoms with Gasteiger partial charge in [-0.25, -0.2) is 22.2 Å². The van der Waals surface area contributed by atoms with Crippen molar-refractivity contribution in [3.8, 4) is 11.6 Å². The predicted octanol–water partition coefficient (Wildman–Crippen LogP) is 4.74. The van der Waals surface area contributed by atoms with Gasteiger partial charge in [0.15, 0.2) is 5.79 Å². The Morgan fingerprint density at radius 3 is 2.26 bits per heavy atom. The second-order valence-corrected chi connectivity index (χ2v) is 7.80. The van der Waals surface area contributed by atoms with Crippen molar-refractivity contribution >= 4 is 5.91 Å². The van der Waals surface area contributed by atoms with Crippen molar-refractivity contribution in [2.75, 3.05) is 0 Å². The molecule has 0 saturated heterocycles. The highest BCUT2D eigenvalue weighted by Gasteiger charge is 2.31. The lowest BCUT2D eigenvalue weighted by Gasteiger charge is -2.19. The van der Waals surface area contributed by atoms with Gasteiger partial charge in [0.2, 0.25) is 5.88 Å². The minimum Gasteiger partial charge on any atom is -0.438 e. The van der Waals surface area contributed by atoms with Gasteiger partial charge >= 0.3 is 0 Å². The number of nitrogens with zero attached hydrogens (tertiary/aromatic N) is 2. The van der Waals surface area contributed by atoms with Crippen molar-refractivity contribution in [1.29, 1.82) is 0 Å². The average molecular weight is 481 g/mol. The number of ether oxygens (including phenoxy) is 1. The van der Waals surface area contributed by atoms with E-state index < -0.39 is 41.8 Å². The van der Waals surface area contributed by atoms with Crippen molar-refractivity contribution in [1.82, 2.24) is 15.1 Å². The zero-order valence-corrected chi connectivity index (χ0v) is 18.5. The minimum absolute atomic E-state index is 0.0737. The normalized spacial score (nSPS) is 12.8. The molecule has 0 aliphatic carbocycles. The number of amides is 1. The Balaban J connectivity index is 1.90. The van der Waals surface area contributed by atoms with E-state index >= 15 is 0 Å². The van der Waals surface area contributed by atoms with Crippen LogP contribution in [0.4, 0.5) is 17.6 Å². The molecule has 182 valence electrons. The van der Waals surface area contributed by atoms with E-state index in [-0.39, 0.29) is 22.8 Å². The highest BCUT2D eigenvalue weighted by molar-refractivity contribution is 5.98. The van der Waals surface area contributed by atoms with Crippen LogP contribution in [0.2, 0.25) is 0 Å². The molecule has 2 aromatic carbocycles. The molecule has 0 radical (unpaired) electrons. The summed E-state index contributed by atoms with van der Waals surface area (Å²) in [7, 11) is 1.29. The van der Waals surface area contributed by atoms with E-state index in [1.165, 1.54) is 44.3 Å². The summed E-state index contributed by atoms with van der Waals surface area (Å²) in [6, 6.07) is 10.2. The molecule has 1 amide bonds. The van der Waals surface area contributed by atoms with E-state index in [2.05, 4.69) is 10.4 Å². The topological polar surface area (TPSA) is 96.6 Å². The Morgan fingerprint density at radius 2 is 1.71 bits per heavy atom. The molecule has 0 saturated carbocycles. The van der Waals surface area contributed by atoms with Gasteiger partial charge < -0.3 is 20.3 Å². The molecule has 11 heteroatoms. The first kappa shape index (κ1) is 25.2. The standard InChI is InChI=1S/C23H23F4N3O4/c1-12(13-7-9-15(10-8-13)23(2,32)33)28-21(31)17-18(20(26)27)29-30(3)22(17)34-16-6-4-5-14(11-16)19(24)25/h4-12,19-20,32-33H,1-3H3,(H,28,31)/t12-/m0/s1. The summed E-state index contributed by atoms with van der Waals surface area (Å²) in [5.41, 5.74) is -0.890. The molecular weight excluding hydrogens is 458 g/mol. The maximum atomic E-state index is 13.6. The summed E-state index contributed by atoms with van der Waals surface area (Å²) >= 11 is 0. The van der Waals surface area contributed by atoms with Crippen LogP contribution in [0.1, 0.15) is 65.5 Å². The van der Waals surface area contributed by atoms with Crippen LogP contribution < -0.4 is 10.1 Å². The number of hydrogen-bond acceptors (Lipinski definition) is 5. The van der Waals surface area contributed by atoms with Crippen molar-refractivity contribution in [3.05, 3.63) is 76.5 Å². The molecule has 0 unspecified atom stereocenters. The summed E-state index contributed by atoms with van der Waals surface area (Å²) in [5.74, 6) is -3.36. The number of benzene rings is 2. The number of nitrogens with one attached hydrogen (secondary N) is 1. The molecule has 3 N–H and O–H groups in total. The van der Waals surface area contributed by atoms with Gasteiger partial charge in [0, 0.05) is 18.2 Å². The first-order valence-electron chi connectivity index (χ1n) is 10.2. The molecule has 0 fully saturated rings. The number of hydrogen-bond donors (Lipinski definition) is 3. The summed E-state index contributed by atoms with van der Waals surface area (Å²) in [4.78, 5) is 13.0. The lowest BCUT2D eigenvalue weighted by atomic mass is 10.0. The molecule has 34 heavy (non-hydrogen) atoms. The van der Waals surface area contributed by atoms with Crippen molar-refractivity contribution in [2.24, 2.45) is 7.05 Å². The SMILES string of the molecule is C[C@H](NC(=O)c1c(C(F)F)nn(C)c1Oc1cccc(C(F)F)c1)c1ccc(C(C)(O)O)cc1. The Kier molecular flexibility index (Phi) is 7.27. The van der Waals surface area contributed by atoms with Gasteiger partial charge in [0.25, 0.3) is 18.8 Å². The van der Waals surface area contributed by atoms with Crippen LogP contribution in [0.3, 0.4) is 0 Å². The molecule has 3 rings (SSSR count). The number of halogens is 4. The quantitative estimate of drug-likeness (QED) is 0.319. The number of alkyl halides is 4. The molecule has 1 heterocycles. The number of aromatic nitrogens is 2. The van der Waals surface area contributed by atoms with Crippen LogP contribution in [0, 0.1) is 0 Å². The van der Waals surface area contributed by atoms with E-state index in [0.717, 1.165) is 10.7 Å². The maximum Gasteiger partial charge on any atom is 0.283 e.